The molecule has 0 aromatic heterocycles. The van der Waals surface area contributed by atoms with Crippen molar-refractivity contribution in [2.24, 2.45) is 0 Å². The van der Waals surface area contributed by atoms with E-state index in [0.717, 1.165) is 26.0 Å². The normalized spacial score (nSPS) is 10.8. The van der Waals surface area contributed by atoms with E-state index >= 15 is 0 Å². The van der Waals surface area contributed by atoms with Crippen molar-refractivity contribution in [2.75, 3.05) is 4.90 Å². The summed E-state index contributed by atoms with van der Waals surface area (Å²) in [5.74, 6) is 0. The number of halogens is 2. The Labute approximate surface area is 246 Å². The molecule has 0 N–H and O–H groups in total. The summed E-state index contributed by atoms with van der Waals surface area (Å²) in [4.78, 5) is 2.30. The zero-order valence-corrected chi connectivity index (χ0v) is 24.3. The zero-order valence-electron chi connectivity index (χ0n) is 21.1. The van der Waals surface area contributed by atoms with Gasteiger partial charge in [-0.1, -0.05) is 117 Å². The maximum atomic E-state index is 3.59. The Morgan fingerprint density at radius 2 is 0.821 bits per heavy atom. The molecule has 0 unspecified atom stereocenters. The van der Waals surface area contributed by atoms with Gasteiger partial charge in [-0.05, 0) is 100 Å². The third kappa shape index (κ3) is 5.61. The lowest BCUT2D eigenvalue weighted by atomic mass is 9.92. The molecule has 6 aromatic rings. The Morgan fingerprint density at radius 1 is 0.333 bits per heavy atom. The Bertz CT molecular complexity index is 1650. The molecule has 0 atom stereocenters. The van der Waals surface area contributed by atoms with E-state index in [1.807, 2.05) is 0 Å². The van der Waals surface area contributed by atoms with Crippen molar-refractivity contribution < 1.29 is 0 Å². The summed E-state index contributed by atoms with van der Waals surface area (Å²) in [6.45, 7) is 0. The van der Waals surface area contributed by atoms with Crippen LogP contribution in [-0.2, 0) is 0 Å². The van der Waals surface area contributed by atoms with E-state index in [4.69, 9.17) is 0 Å². The van der Waals surface area contributed by atoms with Gasteiger partial charge in [-0.3, -0.25) is 0 Å². The van der Waals surface area contributed by atoms with Gasteiger partial charge in [0.2, 0.25) is 0 Å². The predicted octanol–water partition coefficient (Wildman–Crippen LogP) is 11.7. The van der Waals surface area contributed by atoms with Gasteiger partial charge in [0.05, 0.1) is 0 Å². The van der Waals surface area contributed by atoms with Gasteiger partial charge in [-0.2, -0.15) is 0 Å². The van der Waals surface area contributed by atoms with Crippen molar-refractivity contribution >= 4 is 48.9 Å². The number of hydrogen-bond donors (Lipinski definition) is 0. The lowest BCUT2D eigenvalue weighted by molar-refractivity contribution is 1.28. The van der Waals surface area contributed by atoms with E-state index in [2.05, 4.69) is 188 Å². The largest absolute Gasteiger partial charge is 0.310 e. The van der Waals surface area contributed by atoms with E-state index in [9.17, 15) is 0 Å². The van der Waals surface area contributed by atoms with Crippen LogP contribution in [0, 0.1) is 0 Å². The summed E-state index contributed by atoms with van der Waals surface area (Å²) < 4.78 is 2.11. The fourth-order valence-corrected chi connectivity index (χ4v) is 5.43. The molecule has 0 amide bonds. The molecule has 0 spiro atoms. The van der Waals surface area contributed by atoms with Crippen LogP contribution in [0.25, 0.3) is 33.4 Å². The Kier molecular flexibility index (Phi) is 7.44. The fourth-order valence-electron chi connectivity index (χ4n) is 4.90. The van der Waals surface area contributed by atoms with E-state index in [0.29, 0.717) is 0 Å². The molecule has 0 fully saturated rings. The van der Waals surface area contributed by atoms with Gasteiger partial charge in [-0.25, -0.2) is 0 Å². The van der Waals surface area contributed by atoms with E-state index < -0.39 is 0 Å². The van der Waals surface area contributed by atoms with Crippen LogP contribution in [0.2, 0.25) is 0 Å². The molecule has 0 aliphatic rings. The highest BCUT2D eigenvalue weighted by Gasteiger charge is 2.16. The van der Waals surface area contributed by atoms with E-state index in [1.165, 1.54) is 33.4 Å². The number of rotatable bonds is 6. The van der Waals surface area contributed by atoms with Gasteiger partial charge in [0.25, 0.3) is 0 Å². The molecule has 6 aromatic carbocycles. The van der Waals surface area contributed by atoms with Crippen LogP contribution in [0.4, 0.5) is 17.1 Å². The number of anilines is 3. The molecule has 39 heavy (non-hydrogen) atoms. The molecule has 3 heteroatoms. The minimum Gasteiger partial charge on any atom is -0.310 e. The Morgan fingerprint density at radius 3 is 1.41 bits per heavy atom. The topological polar surface area (TPSA) is 3.24 Å². The second kappa shape index (κ2) is 11.4. The molecule has 0 bridgehead atoms. The van der Waals surface area contributed by atoms with Crippen LogP contribution >= 0.6 is 31.9 Å². The summed E-state index contributed by atoms with van der Waals surface area (Å²) in [6, 6.07) is 53.7. The van der Waals surface area contributed by atoms with Crippen LogP contribution in [0.1, 0.15) is 0 Å². The van der Waals surface area contributed by atoms with Crippen LogP contribution in [-0.4, -0.2) is 0 Å². The highest BCUT2D eigenvalue weighted by atomic mass is 79.9. The van der Waals surface area contributed by atoms with Crippen molar-refractivity contribution in [3.05, 3.63) is 161 Å². The van der Waals surface area contributed by atoms with Crippen molar-refractivity contribution in [2.45, 2.75) is 0 Å². The molecular weight excluding hydrogens is 606 g/mol. The van der Waals surface area contributed by atoms with Crippen LogP contribution in [0.3, 0.4) is 0 Å². The molecule has 1 nitrogen and oxygen atoms in total. The number of nitrogens with zero attached hydrogens (tertiary/aromatic N) is 1. The van der Waals surface area contributed by atoms with Crippen molar-refractivity contribution in [3.63, 3.8) is 0 Å². The number of hydrogen-bond acceptors (Lipinski definition) is 1. The molecule has 0 heterocycles. The SMILES string of the molecule is Brc1ccc(N(c2ccc(Br)cc2)c2ccc(-c3cccc(-c4ccccc4)c3)c(-c3ccccc3)c2)cc1. The van der Waals surface area contributed by atoms with Gasteiger partial charge in [0.1, 0.15) is 0 Å². The van der Waals surface area contributed by atoms with Gasteiger partial charge >= 0.3 is 0 Å². The first-order valence-corrected chi connectivity index (χ1v) is 14.4. The maximum absolute atomic E-state index is 3.59. The van der Waals surface area contributed by atoms with Crippen molar-refractivity contribution in [1.82, 2.24) is 0 Å². The number of benzene rings is 6. The molecule has 0 radical (unpaired) electrons. The average molecular weight is 631 g/mol. The summed E-state index contributed by atoms with van der Waals surface area (Å²) in [6.07, 6.45) is 0. The average Bonchev–Trinajstić information content (AvgIpc) is 3.00. The minimum atomic E-state index is 1.06. The zero-order chi connectivity index (χ0) is 26.6. The lowest BCUT2D eigenvalue weighted by Gasteiger charge is -2.27. The molecule has 0 aliphatic carbocycles. The second-order valence-corrected chi connectivity index (χ2v) is 11.2. The van der Waals surface area contributed by atoms with Crippen LogP contribution < -0.4 is 4.90 Å². The molecule has 0 aliphatic heterocycles. The second-order valence-electron chi connectivity index (χ2n) is 9.33. The van der Waals surface area contributed by atoms with E-state index in [1.54, 1.807) is 0 Å². The van der Waals surface area contributed by atoms with Crippen molar-refractivity contribution in [3.8, 4) is 33.4 Å². The first-order chi connectivity index (χ1) is 19.2. The van der Waals surface area contributed by atoms with Gasteiger partial charge in [0, 0.05) is 26.0 Å². The first-order valence-electron chi connectivity index (χ1n) is 12.8. The molecule has 188 valence electrons. The molecular formula is C36H25Br2N. The monoisotopic (exact) mass is 629 g/mol. The predicted molar refractivity (Wildman–Crippen MR) is 173 cm³/mol. The molecule has 6 rings (SSSR count). The van der Waals surface area contributed by atoms with Gasteiger partial charge < -0.3 is 4.90 Å². The summed E-state index contributed by atoms with van der Waals surface area (Å²) in [5, 5.41) is 0. The van der Waals surface area contributed by atoms with Crippen molar-refractivity contribution in [1.29, 1.82) is 0 Å². The Hall–Kier alpha value is -3.92. The quantitative estimate of drug-likeness (QED) is 0.177. The van der Waals surface area contributed by atoms with Gasteiger partial charge in [-0.15, -0.1) is 0 Å². The summed E-state index contributed by atoms with van der Waals surface area (Å²) in [5.41, 5.74) is 10.5. The first kappa shape index (κ1) is 25.4. The van der Waals surface area contributed by atoms with E-state index in [-0.39, 0.29) is 0 Å². The van der Waals surface area contributed by atoms with Crippen LogP contribution in [0.15, 0.2) is 161 Å². The Balaban J connectivity index is 1.53. The fraction of sp³-hybridized carbons (Fsp3) is 0. The summed E-state index contributed by atoms with van der Waals surface area (Å²) >= 11 is 7.18. The molecule has 0 saturated heterocycles. The minimum absolute atomic E-state index is 1.06. The summed E-state index contributed by atoms with van der Waals surface area (Å²) in [7, 11) is 0. The standard InChI is InChI=1S/C36H25Br2N/c37-30-14-18-32(19-15-30)39(33-20-16-31(38)17-21-33)34-22-23-35(36(25-34)27-10-5-2-6-11-27)29-13-7-12-28(24-29)26-8-3-1-4-9-26/h1-25H. The smallest absolute Gasteiger partial charge is 0.0468 e. The highest BCUT2D eigenvalue weighted by Crippen LogP contribution is 2.41. The lowest BCUT2D eigenvalue weighted by Crippen LogP contribution is -2.10. The maximum Gasteiger partial charge on any atom is 0.0468 e. The third-order valence-electron chi connectivity index (χ3n) is 6.80. The van der Waals surface area contributed by atoms with Crippen LogP contribution in [0.5, 0.6) is 0 Å². The van der Waals surface area contributed by atoms with Gasteiger partial charge in [0.15, 0.2) is 0 Å². The highest BCUT2D eigenvalue weighted by molar-refractivity contribution is 9.10. The third-order valence-corrected chi connectivity index (χ3v) is 7.85. The molecule has 0 saturated carbocycles.